The molecular formula is C87H111ClN6O11S3. The van der Waals surface area contributed by atoms with E-state index in [-0.39, 0.29) is 77.3 Å². The summed E-state index contributed by atoms with van der Waals surface area (Å²) in [7, 11) is 7.17. The number of halogens is 1. The molecule has 6 heterocycles. The van der Waals surface area contributed by atoms with Crippen molar-refractivity contribution >= 4 is 92.8 Å². The first-order chi connectivity index (χ1) is 51.8. The molecule has 0 unspecified atom stereocenters. The predicted octanol–water partition coefficient (Wildman–Crippen LogP) is 14.3. The average molecular weight is 1550 g/mol. The van der Waals surface area contributed by atoms with Crippen LogP contribution in [0.25, 0.3) is 31.3 Å². The molecule has 3 saturated carbocycles. The zero-order chi connectivity index (χ0) is 75.5. The van der Waals surface area contributed by atoms with Gasteiger partial charge in [-0.15, -0.1) is 34.0 Å². The first kappa shape index (κ1) is 82.8. The number of benzene rings is 4. The molecular weight excluding hydrogens is 1440 g/mol. The van der Waals surface area contributed by atoms with E-state index >= 15 is 0 Å². The summed E-state index contributed by atoms with van der Waals surface area (Å²) in [5, 5.41) is 10.0. The monoisotopic (exact) mass is 1550 g/mol. The molecule has 3 aliphatic carbocycles. The van der Waals surface area contributed by atoms with Crippen LogP contribution in [-0.2, 0) is 35.2 Å². The molecule has 3 aliphatic heterocycles. The Bertz CT molecular complexity index is 4030. The van der Waals surface area contributed by atoms with Gasteiger partial charge in [-0.2, -0.15) is 0 Å². The van der Waals surface area contributed by atoms with Crippen molar-refractivity contribution in [2.45, 2.75) is 143 Å². The van der Waals surface area contributed by atoms with Gasteiger partial charge in [0.1, 0.15) is 21.2 Å². The number of thiophene rings is 3. The van der Waals surface area contributed by atoms with Crippen LogP contribution in [0.4, 0.5) is 21.9 Å². The molecule has 2 N–H and O–H groups in total. The van der Waals surface area contributed by atoms with E-state index < -0.39 is 11.9 Å². The molecule has 3 aromatic heterocycles. The third kappa shape index (κ3) is 22.1. The minimum Gasteiger partial charge on any atom is -1.00 e. The standard InChI is InChI=1S/C34H40N2O5S.C27H36N2O3S.C26H34N2O3S.ClH/c1-24-13-15-28(16-14-24)32(37)36(29-21-30(27-11-7-4-8-12-27)42-31(29)33(38)40-2)22-25-17-19-35(20-18-25)34(39)41-23-26-9-5-3-6-10-26;1-19-9-11-22(12-10-19)26(30)29(18-20-13-15-28(2)16-14-20)23-17-24(21-7-5-4-6-8-21)33-25(23)27(31)32-3;1-18-8-10-21(11-9-18)25(29)28(17-19-12-14-27(2)15-13-19)22-16-23(32-24(22)26(30)31)20-6-4-3-5-7-20;/h3-12,21,24-25,28H,13-20,22-23H2,1-2H3;4-8,17,19-20,22H,9-16,18H2,1-3H3;3-7,16,18-19,21H,8-15,17H2,1-2H3,(H,30,31);1H. The molecule has 0 bridgehead atoms. The molecule has 17 nitrogen and oxygen atoms in total. The van der Waals surface area contributed by atoms with E-state index in [4.69, 9.17) is 14.2 Å². The first-order valence-corrected chi connectivity index (χ1v) is 41.6. The molecule has 0 radical (unpaired) electrons. The lowest BCUT2D eigenvalue weighted by Gasteiger charge is -2.36. The summed E-state index contributed by atoms with van der Waals surface area (Å²) in [6.45, 7) is 14.3. The molecule has 580 valence electrons. The molecule has 21 heteroatoms. The summed E-state index contributed by atoms with van der Waals surface area (Å²) in [5.41, 5.74) is 5.97. The van der Waals surface area contributed by atoms with E-state index in [1.165, 1.54) is 53.1 Å². The Balaban J connectivity index is 0.000000174. The minimum atomic E-state index is -0.949. The quantitative estimate of drug-likeness (QED) is 0.0544. The van der Waals surface area contributed by atoms with Crippen LogP contribution in [0.5, 0.6) is 0 Å². The summed E-state index contributed by atoms with van der Waals surface area (Å²) in [4.78, 5) is 108. The average Bonchev–Trinajstić information content (AvgIpc) is 1.63. The fourth-order valence-electron chi connectivity index (χ4n) is 16.2. The number of quaternary nitrogens is 1. The van der Waals surface area contributed by atoms with Gasteiger partial charge >= 0.3 is 24.0 Å². The van der Waals surface area contributed by atoms with Gasteiger partial charge in [0.25, 0.3) is 0 Å². The van der Waals surface area contributed by atoms with E-state index in [0.717, 1.165) is 184 Å². The highest BCUT2D eigenvalue weighted by atomic mass is 35.5. The number of nitrogens with zero attached hydrogens (tertiary/aromatic N) is 5. The topological polar surface area (TPSA) is 188 Å². The Morgan fingerprint density at radius 2 is 0.759 bits per heavy atom. The van der Waals surface area contributed by atoms with Gasteiger partial charge in [0.05, 0.1) is 51.4 Å². The highest BCUT2D eigenvalue weighted by molar-refractivity contribution is 7.18. The van der Waals surface area contributed by atoms with Crippen LogP contribution in [0, 0.1) is 53.3 Å². The summed E-state index contributed by atoms with van der Waals surface area (Å²) in [5.74, 6) is 1.70. The molecule has 4 aromatic carbocycles. The van der Waals surface area contributed by atoms with Gasteiger partial charge in [-0.05, 0) is 199 Å². The fraction of sp³-hybridized carbons (Fsp3) is 0.506. The number of carbonyl (C=O) groups is 7. The van der Waals surface area contributed by atoms with Crippen molar-refractivity contribution < 1.29 is 70.2 Å². The lowest BCUT2D eigenvalue weighted by Crippen LogP contribution is -3.10. The fourth-order valence-corrected chi connectivity index (χ4v) is 19.4. The zero-order valence-electron chi connectivity index (χ0n) is 64.1. The number of amides is 4. The Labute approximate surface area is 657 Å². The van der Waals surface area contributed by atoms with Crippen LogP contribution < -0.4 is 32.0 Å². The van der Waals surface area contributed by atoms with Crippen molar-refractivity contribution in [1.82, 2.24) is 9.80 Å². The van der Waals surface area contributed by atoms with Crippen molar-refractivity contribution in [3.8, 4) is 31.3 Å². The lowest BCUT2D eigenvalue weighted by atomic mass is 9.82. The summed E-state index contributed by atoms with van der Waals surface area (Å²) in [6, 6.07) is 45.5. The van der Waals surface area contributed by atoms with Crippen LogP contribution in [0.15, 0.2) is 140 Å². The van der Waals surface area contributed by atoms with Gasteiger partial charge in [0.15, 0.2) is 0 Å². The number of aromatic carboxylic acids is 1. The van der Waals surface area contributed by atoms with Gasteiger partial charge in [-0.25, -0.2) is 19.2 Å². The molecule has 4 amide bonds. The third-order valence-corrected chi connectivity index (χ3v) is 26.7. The second-order valence-corrected chi connectivity index (χ2v) is 34.4. The Morgan fingerprint density at radius 3 is 1.10 bits per heavy atom. The number of rotatable bonds is 20. The highest BCUT2D eigenvalue weighted by Gasteiger charge is 2.39. The van der Waals surface area contributed by atoms with Crippen LogP contribution >= 0.6 is 34.0 Å². The molecule has 0 spiro atoms. The first-order valence-electron chi connectivity index (χ1n) is 39.2. The summed E-state index contributed by atoms with van der Waals surface area (Å²) < 4.78 is 15.9. The molecule has 108 heavy (non-hydrogen) atoms. The molecule has 13 rings (SSSR count). The highest BCUT2D eigenvalue weighted by Crippen LogP contribution is 2.44. The number of likely N-dealkylation sites (tertiary alicyclic amines) is 3. The molecule has 6 aliphatic rings. The second-order valence-electron chi connectivity index (χ2n) is 31.2. The van der Waals surface area contributed by atoms with E-state index in [1.54, 1.807) is 4.90 Å². The number of hydrogen-bond acceptors (Lipinski definition) is 14. The van der Waals surface area contributed by atoms with Crippen molar-refractivity contribution in [1.29, 1.82) is 0 Å². The van der Waals surface area contributed by atoms with Crippen LogP contribution in [0.3, 0.4) is 0 Å². The number of piperidine rings is 3. The van der Waals surface area contributed by atoms with Gasteiger partial charge in [-0.1, -0.05) is 142 Å². The number of carboxylic acid groups (broad SMARTS) is 1. The molecule has 7 aromatic rings. The van der Waals surface area contributed by atoms with Gasteiger partial charge in [0, 0.05) is 78.0 Å². The number of methoxy groups -OCH3 is 2. The summed E-state index contributed by atoms with van der Waals surface area (Å²) in [6.07, 6.45) is 17.4. The van der Waals surface area contributed by atoms with Crippen LogP contribution in [0.2, 0.25) is 0 Å². The van der Waals surface area contributed by atoms with Gasteiger partial charge in [-0.3, -0.25) is 14.4 Å². The van der Waals surface area contributed by atoms with E-state index in [1.807, 2.05) is 154 Å². The van der Waals surface area contributed by atoms with Gasteiger partial charge < -0.3 is 61.1 Å². The number of carboxylic acids is 1. The largest absolute Gasteiger partial charge is 1.00 e. The van der Waals surface area contributed by atoms with Crippen molar-refractivity contribution in [2.24, 2.45) is 53.3 Å². The molecule has 3 saturated heterocycles. The molecule has 6 fully saturated rings. The minimum absolute atomic E-state index is 0. The van der Waals surface area contributed by atoms with Crippen molar-refractivity contribution in [3.05, 3.63) is 160 Å². The number of ether oxygens (including phenoxy) is 3. The number of nitrogens with one attached hydrogen (secondary N) is 1. The second kappa shape index (κ2) is 40.3. The smallest absolute Gasteiger partial charge is 0.410 e. The van der Waals surface area contributed by atoms with Crippen LogP contribution in [-0.4, -0.2) is 144 Å². The predicted molar refractivity (Wildman–Crippen MR) is 430 cm³/mol. The maximum absolute atomic E-state index is 14.2. The van der Waals surface area contributed by atoms with E-state index in [9.17, 15) is 38.7 Å². The summed E-state index contributed by atoms with van der Waals surface area (Å²) >= 11 is 4.07. The molecule has 0 atom stereocenters. The Hall–Kier alpha value is -7.72. The zero-order valence-corrected chi connectivity index (χ0v) is 67.3. The van der Waals surface area contributed by atoms with Gasteiger partial charge in [0.2, 0.25) is 17.7 Å². The lowest BCUT2D eigenvalue weighted by molar-refractivity contribution is -0.885. The number of hydrogen-bond donors (Lipinski definition) is 2. The number of carbonyl (C=O) groups excluding carboxylic acids is 6. The third-order valence-electron chi connectivity index (χ3n) is 23.2. The maximum atomic E-state index is 14.2. The van der Waals surface area contributed by atoms with Crippen molar-refractivity contribution in [3.63, 3.8) is 0 Å². The number of esters is 2. The van der Waals surface area contributed by atoms with E-state index in [0.29, 0.717) is 83.4 Å². The van der Waals surface area contributed by atoms with Crippen molar-refractivity contribution in [2.75, 3.05) is 102 Å². The van der Waals surface area contributed by atoms with E-state index in [2.05, 4.69) is 39.8 Å². The Morgan fingerprint density at radius 1 is 0.444 bits per heavy atom. The SMILES string of the molecule is CC1CCC(C(=O)N(CC2CC[NH+](C)CC2)c2cc(-c3ccccc3)sc2C(=O)O)CC1.COC(=O)c1sc(-c2ccccc2)cc1N(CC1CCN(C(=O)OCc2ccccc2)CC1)C(=O)C1CCC(C)CC1.COC(=O)c1sc(-c2ccccc2)cc1N(CC1CCN(C)CC1)C(=O)C1CCC(C)CC1.[Cl-]. The Kier molecular flexibility index (Phi) is 30.9. The maximum Gasteiger partial charge on any atom is 0.410 e. The number of anilines is 3. The van der Waals surface area contributed by atoms with Crippen LogP contribution in [0.1, 0.15) is 171 Å². The normalized spacial score (nSPS) is 21.9.